The molecule has 7 rings (SSSR count). The smallest absolute Gasteiger partial charge is 0.338 e. The summed E-state index contributed by atoms with van der Waals surface area (Å²) in [7, 11) is 3.02. The van der Waals surface area contributed by atoms with Crippen LogP contribution in [0.15, 0.2) is 116 Å². The summed E-state index contributed by atoms with van der Waals surface area (Å²) in [6, 6.07) is 25.1. The van der Waals surface area contributed by atoms with E-state index in [2.05, 4.69) is 10.2 Å². The predicted octanol–water partition coefficient (Wildman–Crippen LogP) is 6.94. The molecule has 0 saturated carbocycles. The lowest BCUT2D eigenvalue weighted by Gasteiger charge is -2.26. The number of nitrogens with zero attached hydrogens (tertiary/aromatic N) is 6. The fourth-order valence-corrected chi connectivity index (χ4v) is 8.52. The van der Waals surface area contributed by atoms with Gasteiger partial charge in [-0.2, -0.15) is 0 Å². The average molecular weight is 809 g/mol. The van der Waals surface area contributed by atoms with Gasteiger partial charge in [0.05, 0.1) is 47.6 Å². The van der Waals surface area contributed by atoms with Crippen molar-refractivity contribution >= 4 is 58.1 Å². The van der Waals surface area contributed by atoms with Crippen molar-refractivity contribution in [2.45, 2.75) is 36.5 Å². The number of carbonyl (C=O) groups excluding carboxylic acids is 1. The number of ether oxygens (including phenoxy) is 3. The molecule has 0 unspecified atom stereocenters. The maximum absolute atomic E-state index is 14.7. The van der Waals surface area contributed by atoms with E-state index in [9.17, 15) is 19.7 Å². The largest absolute Gasteiger partial charge is 0.493 e. The number of hydrogen-bond donors (Lipinski definition) is 0. The van der Waals surface area contributed by atoms with E-state index >= 15 is 0 Å². The average Bonchev–Trinajstić information content (AvgIpc) is 3.76. The minimum Gasteiger partial charge on any atom is -0.493 e. The second-order valence-corrected chi connectivity index (χ2v) is 14.6. The quantitative estimate of drug-likeness (QED) is 0.0722. The number of esters is 1. The number of carbonyl (C=O) groups is 1. The number of halogens is 1. The minimum atomic E-state index is -0.991. The van der Waals surface area contributed by atoms with Crippen LogP contribution in [0.2, 0.25) is 5.02 Å². The lowest BCUT2D eigenvalue weighted by molar-refractivity contribution is -0.384. The molecule has 0 fully saturated rings. The molecular formula is C40H33ClN6O7S2. The Labute approximate surface area is 333 Å². The van der Waals surface area contributed by atoms with E-state index in [0.29, 0.717) is 66.1 Å². The van der Waals surface area contributed by atoms with E-state index in [1.54, 1.807) is 49.4 Å². The van der Waals surface area contributed by atoms with Gasteiger partial charge in [0.25, 0.3) is 11.2 Å². The highest BCUT2D eigenvalue weighted by Gasteiger charge is 2.36. The highest BCUT2D eigenvalue weighted by atomic mass is 35.5. The first-order chi connectivity index (χ1) is 27.1. The number of thiazole rings is 1. The number of hydrogen-bond acceptors (Lipinski definition) is 12. The first-order valence-corrected chi connectivity index (χ1v) is 19.3. The van der Waals surface area contributed by atoms with E-state index in [1.165, 1.54) is 42.7 Å². The molecule has 1 aliphatic rings. The second-order valence-electron chi connectivity index (χ2n) is 12.2. The molecule has 0 saturated heterocycles. The fraction of sp³-hybridized carbons (Fsp3) is 0.175. The minimum absolute atomic E-state index is 0.0904. The number of benzene rings is 4. The molecule has 0 spiro atoms. The van der Waals surface area contributed by atoms with Gasteiger partial charge in [-0.3, -0.25) is 19.5 Å². The summed E-state index contributed by atoms with van der Waals surface area (Å²) in [4.78, 5) is 46.0. The van der Waals surface area contributed by atoms with E-state index in [4.69, 9.17) is 30.8 Å². The summed E-state index contributed by atoms with van der Waals surface area (Å²) in [5, 5.41) is 22.0. The van der Waals surface area contributed by atoms with Crippen LogP contribution in [0.4, 0.5) is 5.69 Å². The Kier molecular flexibility index (Phi) is 11.2. The molecule has 6 aromatic rings. The number of nitro benzene ring substituents is 1. The molecule has 13 nitrogen and oxygen atoms in total. The number of rotatable bonds is 12. The molecule has 3 heterocycles. The summed E-state index contributed by atoms with van der Waals surface area (Å²) in [6.07, 6.45) is 1.60. The summed E-state index contributed by atoms with van der Waals surface area (Å²) in [5.41, 5.74) is 2.25. The van der Waals surface area contributed by atoms with Crippen LogP contribution in [0.5, 0.6) is 11.5 Å². The fourth-order valence-electron chi connectivity index (χ4n) is 6.36. The van der Waals surface area contributed by atoms with Crippen LogP contribution in [0, 0.1) is 10.1 Å². The third kappa shape index (κ3) is 7.35. The molecule has 284 valence electrons. The second kappa shape index (κ2) is 16.4. The standard InChI is InChI=1S/C40H33ClN6O7S2/c1-5-45-36(25-13-10-14-27(41)19-25)43-44-40(45)55-31-18-16-28(47(50)51)20-26(31)22-32-37(48)46-35(24-15-17-29(52-3)30(21-24)53-4)33(38(49)54-6-2)34(42-39(46)56-32)23-11-8-7-9-12-23/h7-22,35H,5-6H2,1-4H3/b32-22+/t35-/m0/s1. The van der Waals surface area contributed by atoms with Gasteiger partial charge in [-0.25, -0.2) is 9.79 Å². The molecule has 0 N–H and O–H groups in total. The summed E-state index contributed by atoms with van der Waals surface area (Å²) >= 11 is 8.63. The van der Waals surface area contributed by atoms with Crippen LogP contribution in [0.3, 0.4) is 0 Å². The van der Waals surface area contributed by atoms with Crippen LogP contribution >= 0.6 is 34.7 Å². The molecule has 56 heavy (non-hydrogen) atoms. The van der Waals surface area contributed by atoms with Crippen LogP contribution in [0.1, 0.15) is 36.6 Å². The van der Waals surface area contributed by atoms with Crippen LogP contribution in [0.25, 0.3) is 23.2 Å². The Morgan fingerprint density at radius 2 is 1.73 bits per heavy atom. The third-order valence-corrected chi connectivity index (χ3v) is 11.2. The van der Waals surface area contributed by atoms with Crippen molar-refractivity contribution in [3.05, 3.63) is 148 Å². The van der Waals surface area contributed by atoms with Crippen LogP contribution in [-0.2, 0) is 16.1 Å². The lowest BCUT2D eigenvalue weighted by Crippen LogP contribution is -2.40. The first kappa shape index (κ1) is 38.3. The van der Waals surface area contributed by atoms with Crippen molar-refractivity contribution in [1.29, 1.82) is 0 Å². The van der Waals surface area contributed by atoms with Crippen molar-refractivity contribution in [3.8, 4) is 22.9 Å². The van der Waals surface area contributed by atoms with Crippen molar-refractivity contribution in [2.24, 2.45) is 4.99 Å². The molecule has 1 atom stereocenters. The van der Waals surface area contributed by atoms with Gasteiger partial charge in [0, 0.05) is 39.7 Å². The predicted molar refractivity (Wildman–Crippen MR) is 214 cm³/mol. The van der Waals surface area contributed by atoms with Crippen LogP contribution in [-0.4, -0.2) is 51.1 Å². The van der Waals surface area contributed by atoms with Gasteiger partial charge < -0.3 is 18.8 Å². The number of nitro groups is 1. The maximum atomic E-state index is 14.7. The van der Waals surface area contributed by atoms with E-state index < -0.39 is 22.5 Å². The highest BCUT2D eigenvalue weighted by molar-refractivity contribution is 7.99. The maximum Gasteiger partial charge on any atom is 0.338 e. The lowest BCUT2D eigenvalue weighted by atomic mass is 9.93. The van der Waals surface area contributed by atoms with Gasteiger partial charge in [0.15, 0.2) is 27.3 Å². The van der Waals surface area contributed by atoms with Gasteiger partial charge in [-0.15, -0.1) is 10.2 Å². The zero-order valence-electron chi connectivity index (χ0n) is 30.5. The van der Waals surface area contributed by atoms with Gasteiger partial charge in [-0.05, 0) is 73.1 Å². The first-order valence-electron chi connectivity index (χ1n) is 17.3. The van der Waals surface area contributed by atoms with Crippen molar-refractivity contribution < 1.29 is 23.9 Å². The van der Waals surface area contributed by atoms with E-state index in [0.717, 1.165) is 16.9 Å². The zero-order chi connectivity index (χ0) is 39.5. The van der Waals surface area contributed by atoms with Crippen LogP contribution < -0.4 is 24.4 Å². The highest BCUT2D eigenvalue weighted by Crippen LogP contribution is 2.39. The van der Waals surface area contributed by atoms with E-state index in [-0.39, 0.29) is 22.4 Å². The van der Waals surface area contributed by atoms with Gasteiger partial charge >= 0.3 is 5.97 Å². The Bertz CT molecular complexity index is 2710. The normalized spacial score (nSPS) is 13.9. The topological polar surface area (TPSA) is 153 Å². The molecular weight excluding hydrogens is 776 g/mol. The van der Waals surface area contributed by atoms with Crippen molar-refractivity contribution in [1.82, 2.24) is 19.3 Å². The number of aromatic nitrogens is 4. The molecule has 4 aromatic carbocycles. The van der Waals surface area contributed by atoms with Crippen molar-refractivity contribution in [3.63, 3.8) is 0 Å². The molecule has 2 aromatic heterocycles. The summed E-state index contributed by atoms with van der Waals surface area (Å²) < 4.78 is 20.3. The zero-order valence-corrected chi connectivity index (χ0v) is 32.9. The molecule has 0 aliphatic carbocycles. The monoisotopic (exact) mass is 808 g/mol. The summed E-state index contributed by atoms with van der Waals surface area (Å²) in [5.74, 6) is 0.822. The number of fused-ring (bicyclic) bond motifs is 1. The Morgan fingerprint density at radius 3 is 2.43 bits per heavy atom. The number of non-ortho nitro benzene ring substituents is 1. The number of methoxy groups -OCH3 is 2. The Balaban J connectivity index is 1.44. The molecule has 16 heteroatoms. The molecule has 1 aliphatic heterocycles. The van der Waals surface area contributed by atoms with E-state index in [1.807, 2.05) is 54.0 Å². The summed E-state index contributed by atoms with van der Waals surface area (Å²) in [6.45, 7) is 4.28. The van der Waals surface area contributed by atoms with Gasteiger partial charge in [0.1, 0.15) is 0 Å². The van der Waals surface area contributed by atoms with Crippen molar-refractivity contribution in [2.75, 3.05) is 20.8 Å². The third-order valence-electron chi connectivity index (χ3n) is 8.90. The Morgan fingerprint density at radius 1 is 0.964 bits per heavy atom. The molecule has 0 radical (unpaired) electrons. The Hall–Kier alpha value is -6.03. The molecule has 0 amide bonds. The van der Waals surface area contributed by atoms with Gasteiger partial charge in [-0.1, -0.05) is 71.5 Å². The molecule has 0 bridgehead atoms. The van der Waals surface area contributed by atoms with Gasteiger partial charge in [0.2, 0.25) is 0 Å². The SMILES string of the molecule is CCOC(=O)C1=C(c2ccccc2)N=c2s/c(=C/c3cc([N+](=O)[O-])ccc3Sc3nnc(-c4cccc(Cl)c4)n3CC)c(=O)n2[C@H]1c1ccc(OC)c(OC)c1.